The van der Waals surface area contributed by atoms with Gasteiger partial charge >= 0.3 is 0 Å². The SMILES string of the molecule is COc1ccccc1NC1CCN(CC(O)COC(C)C)CC1. The Balaban J connectivity index is 1.73. The van der Waals surface area contributed by atoms with Crippen LogP contribution >= 0.6 is 0 Å². The van der Waals surface area contributed by atoms with Gasteiger partial charge in [-0.15, -0.1) is 0 Å². The van der Waals surface area contributed by atoms with E-state index in [4.69, 9.17) is 9.47 Å². The lowest BCUT2D eigenvalue weighted by molar-refractivity contribution is -0.0108. The summed E-state index contributed by atoms with van der Waals surface area (Å²) in [6.45, 7) is 7.06. The molecule has 1 saturated heterocycles. The van der Waals surface area contributed by atoms with Crippen molar-refractivity contribution >= 4 is 5.69 Å². The number of anilines is 1. The number of benzene rings is 1. The third-order valence-corrected chi connectivity index (χ3v) is 4.15. The molecule has 0 aromatic heterocycles. The molecule has 130 valence electrons. The van der Waals surface area contributed by atoms with Gasteiger partial charge in [0.2, 0.25) is 0 Å². The number of hydrogen-bond donors (Lipinski definition) is 2. The van der Waals surface area contributed by atoms with Crippen LogP contribution < -0.4 is 10.1 Å². The van der Waals surface area contributed by atoms with E-state index in [-0.39, 0.29) is 6.10 Å². The lowest BCUT2D eigenvalue weighted by Crippen LogP contribution is -2.43. The van der Waals surface area contributed by atoms with Gasteiger partial charge in [-0.05, 0) is 38.8 Å². The highest BCUT2D eigenvalue weighted by Gasteiger charge is 2.21. The number of aliphatic hydroxyl groups is 1. The van der Waals surface area contributed by atoms with Crippen molar-refractivity contribution in [3.05, 3.63) is 24.3 Å². The van der Waals surface area contributed by atoms with Crippen LogP contribution in [0.4, 0.5) is 5.69 Å². The van der Waals surface area contributed by atoms with Crippen LogP contribution in [0.2, 0.25) is 0 Å². The van der Waals surface area contributed by atoms with Gasteiger partial charge in [0.25, 0.3) is 0 Å². The maximum atomic E-state index is 10.0. The van der Waals surface area contributed by atoms with Gasteiger partial charge in [-0.25, -0.2) is 0 Å². The van der Waals surface area contributed by atoms with Gasteiger partial charge in [0, 0.05) is 25.7 Å². The normalized spacial score (nSPS) is 18.1. The van der Waals surface area contributed by atoms with Gasteiger partial charge in [0.05, 0.1) is 31.6 Å². The molecule has 2 N–H and O–H groups in total. The smallest absolute Gasteiger partial charge is 0.141 e. The third kappa shape index (κ3) is 6.01. The van der Waals surface area contributed by atoms with Crippen molar-refractivity contribution < 1.29 is 14.6 Å². The number of piperidine rings is 1. The molecule has 0 bridgehead atoms. The summed E-state index contributed by atoms with van der Waals surface area (Å²) in [5.41, 5.74) is 1.05. The quantitative estimate of drug-likeness (QED) is 0.769. The lowest BCUT2D eigenvalue weighted by atomic mass is 10.0. The number of methoxy groups -OCH3 is 1. The molecule has 5 nitrogen and oxygen atoms in total. The van der Waals surface area contributed by atoms with Gasteiger partial charge in [0.1, 0.15) is 5.75 Å². The molecule has 5 heteroatoms. The number of hydrogen-bond acceptors (Lipinski definition) is 5. The fourth-order valence-corrected chi connectivity index (χ4v) is 2.90. The molecule has 1 aromatic rings. The van der Waals surface area contributed by atoms with Crippen molar-refractivity contribution in [2.45, 2.75) is 44.9 Å². The van der Waals surface area contributed by atoms with Crippen molar-refractivity contribution in [1.82, 2.24) is 4.90 Å². The molecule has 1 fully saturated rings. The molecule has 0 radical (unpaired) electrons. The molecule has 1 aliphatic rings. The summed E-state index contributed by atoms with van der Waals surface area (Å²) in [4.78, 5) is 2.31. The van der Waals surface area contributed by atoms with E-state index in [9.17, 15) is 5.11 Å². The van der Waals surface area contributed by atoms with Gasteiger partial charge in [-0.3, -0.25) is 0 Å². The number of para-hydroxylation sites is 2. The number of nitrogens with one attached hydrogen (secondary N) is 1. The fraction of sp³-hybridized carbons (Fsp3) is 0.667. The first kappa shape index (κ1) is 18.0. The van der Waals surface area contributed by atoms with E-state index in [2.05, 4.69) is 16.3 Å². The molecule has 1 heterocycles. The summed E-state index contributed by atoms with van der Waals surface area (Å²) in [6, 6.07) is 8.48. The van der Waals surface area contributed by atoms with Crippen LogP contribution in [0.15, 0.2) is 24.3 Å². The van der Waals surface area contributed by atoms with Crippen molar-refractivity contribution in [3.8, 4) is 5.75 Å². The molecule has 1 aromatic carbocycles. The maximum absolute atomic E-state index is 10.0. The predicted molar refractivity (Wildman–Crippen MR) is 93.2 cm³/mol. The van der Waals surface area contributed by atoms with Crippen LogP contribution in [0.25, 0.3) is 0 Å². The summed E-state index contributed by atoms with van der Waals surface area (Å²) in [7, 11) is 1.70. The van der Waals surface area contributed by atoms with Crippen LogP contribution in [0.1, 0.15) is 26.7 Å². The molecule has 0 amide bonds. The molecule has 0 spiro atoms. The second-order valence-corrected chi connectivity index (χ2v) is 6.46. The summed E-state index contributed by atoms with van der Waals surface area (Å²) in [5.74, 6) is 0.885. The van der Waals surface area contributed by atoms with E-state index in [0.717, 1.165) is 37.4 Å². The second-order valence-electron chi connectivity index (χ2n) is 6.46. The van der Waals surface area contributed by atoms with Crippen LogP contribution in [-0.4, -0.2) is 61.6 Å². The van der Waals surface area contributed by atoms with E-state index in [0.29, 0.717) is 19.2 Å². The predicted octanol–water partition coefficient (Wildman–Crippen LogP) is 2.36. The number of aliphatic hydroxyl groups excluding tert-OH is 1. The zero-order valence-electron chi connectivity index (χ0n) is 14.5. The third-order valence-electron chi connectivity index (χ3n) is 4.15. The summed E-state index contributed by atoms with van der Waals surface area (Å²) in [5, 5.41) is 13.6. The molecular formula is C18H30N2O3. The first-order chi connectivity index (χ1) is 11.1. The zero-order chi connectivity index (χ0) is 16.7. The maximum Gasteiger partial charge on any atom is 0.141 e. The average Bonchev–Trinajstić information content (AvgIpc) is 2.55. The van der Waals surface area contributed by atoms with Crippen LogP contribution in [0, 0.1) is 0 Å². The van der Waals surface area contributed by atoms with Gasteiger partial charge in [-0.2, -0.15) is 0 Å². The first-order valence-electron chi connectivity index (χ1n) is 8.50. The van der Waals surface area contributed by atoms with Crippen molar-refractivity contribution in [3.63, 3.8) is 0 Å². The van der Waals surface area contributed by atoms with Crippen LogP contribution in [-0.2, 0) is 4.74 Å². The van der Waals surface area contributed by atoms with Crippen LogP contribution in [0.5, 0.6) is 5.75 Å². The standard InChI is InChI=1S/C18H30N2O3/c1-14(2)23-13-16(21)12-20-10-8-15(9-11-20)19-17-6-4-5-7-18(17)22-3/h4-7,14-16,19,21H,8-13H2,1-3H3. The molecule has 1 aliphatic heterocycles. The van der Waals surface area contributed by atoms with Gasteiger partial charge in [0.15, 0.2) is 0 Å². The highest BCUT2D eigenvalue weighted by Crippen LogP contribution is 2.26. The molecule has 0 saturated carbocycles. The largest absolute Gasteiger partial charge is 0.495 e. The highest BCUT2D eigenvalue weighted by molar-refractivity contribution is 5.56. The minimum absolute atomic E-state index is 0.167. The molecule has 23 heavy (non-hydrogen) atoms. The molecular weight excluding hydrogens is 292 g/mol. The lowest BCUT2D eigenvalue weighted by Gasteiger charge is -2.34. The Labute approximate surface area is 139 Å². The zero-order valence-corrected chi connectivity index (χ0v) is 14.5. The Kier molecular flexibility index (Phi) is 7.15. The minimum Gasteiger partial charge on any atom is -0.495 e. The van der Waals surface area contributed by atoms with E-state index in [1.807, 2.05) is 32.0 Å². The van der Waals surface area contributed by atoms with Crippen molar-refractivity contribution in [2.75, 3.05) is 38.7 Å². The van der Waals surface area contributed by atoms with E-state index in [1.54, 1.807) is 7.11 Å². The first-order valence-corrected chi connectivity index (χ1v) is 8.50. The Hall–Kier alpha value is -1.30. The van der Waals surface area contributed by atoms with Crippen LogP contribution in [0.3, 0.4) is 0 Å². The minimum atomic E-state index is -0.406. The summed E-state index contributed by atoms with van der Waals surface area (Å²) >= 11 is 0. The van der Waals surface area contributed by atoms with E-state index >= 15 is 0 Å². The van der Waals surface area contributed by atoms with Crippen molar-refractivity contribution in [2.24, 2.45) is 0 Å². The Morgan fingerprint density at radius 1 is 1.26 bits per heavy atom. The van der Waals surface area contributed by atoms with E-state index in [1.165, 1.54) is 0 Å². The number of ether oxygens (including phenoxy) is 2. The second kappa shape index (κ2) is 9.11. The molecule has 1 atom stereocenters. The highest BCUT2D eigenvalue weighted by atomic mass is 16.5. The fourth-order valence-electron chi connectivity index (χ4n) is 2.90. The topological polar surface area (TPSA) is 54.0 Å². The number of nitrogens with zero attached hydrogens (tertiary/aromatic N) is 1. The van der Waals surface area contributed by atoms with Crippen molar-refractivity contribution in [1.29, 1.82) is 0 Å². The molecule has 1 unspecified atom stereocenters. The van der Waals surface area contributed by atoms with Gasteiger partial charge in [-0.1, -0.05) is 12.1 Å². The number of likely N-dealkylation sites (tertiary alicyclic amines) is 1. The molecule has 0 aliphatic carbocycles. The monoisotopic (exact) mass is 322 g/mol. The summed E-state index contributed by atoms with van der Waals surface area (Å²) in [6.07, 6.45) is 1.89. The number of β-amino-alcohol motifs (C(OH)–C–C–N with tert-alkyl or cyclic N) is 1. The summed E-state index contributed by atoms with van der Waals surface area (Å²) < 4.78 is 10.9. The van der Waals surface area contributed by atoms with E-state index < -0.39 is 6.10 Å². The Morgan fingerprint density at radius 3 is 2.61 bits per heavy atom. The van der Waals surface area contributed by atoms with Gasteiger partial charge < -0.3 is 24.8 Å². The average molecular weight is 322 g/mol. The number of rotatable bonds is 8. The Bertz CT molecular complexity index is 459. The molecule has 2 rings (SSSR count). The Morgan fingerprint density at radius 2 is 1.96 bits per heavy atom.